The largest absolute Gasteiger partial charge is 0.492 e. The molecule has 1 fully saturated rings. The van der Waals surface area contributed by atoms with Gasteiger partial charge in [-0.2, -0.15) is 0 Å². The second-order valence-corrected chi connectivity index (χ2v) is 7.58. The molecule has 1 N–H and O–H groups in total. The molecular weight excluding hydrogens is 384 g/mol. The smallest absolute Gasteiger partial charge is 0.267 e. The highest BCUT2D eigenvalue weighted by atomic mass is 16.5. The average Bonchev–Trinajstić information content (AvgIpc) is 3.28. The number of nitrogens with one attached hydrogen (secondary N) is 1. The standard InChI is InChI=1S/C23H26N2O5/c1-15-5-8-18(9-6-15)28-13-11-25-19-14-17(24-22(26)21-4-3-12-29-21)7-10-20(19)30-16(2)23(25)27/h5-10,14,16,21H,3-4,11-13H2,1-2H3,(H,24,26). The maximum Gasteiger partial charge on any atom is 0.267 e. The first-order chi connectivity index (χ1) is 14.5. The molecule has 0 aromatic heterocycles. The number of rotatable bonds is 6. The first kappa shape index (κ1) is 20.2. The summed E-state index contributed by atoms with van der Waals surface area (Å²) < 4.78 is 17.0. The van der Waals surface area contributed by atoms with Gasteiger partial charge in [0.1, 0.15) is 24.2 Å². The van der Waals surface area contributed by atoms with E-state index in [0.717, 1.165) is 24.2 Å². The maximum absolute atomic E-state index is 12.8. The lowest BCUT2D eigenvalue weighted by molar-refractivity contribution is -0.125. The Balaban J connectivity index is 1.47. The van der Waals surface area contributed by atoms with E-state index >= 15 is 0 Å². The zero-order valence-electron chi connectivity index (χ0n) is 17.2. The van der Waals surface area contributed by atoms with Crippen LogP contribution >= 0.6 is 0 Å². The van der Waals surface area contributed by atoms with E-state index in [4.69, 9.17) is 14.2 Å². The summed E-state index contributed by atoms with van der Waals surface area (Å²) >= 11 is 0. The number of hydrogen-bond acceptors (Lipinski definition) is 5. The van der Waals surface area contributed by atoms with Crippen LogP contribution in [0.1, 0.15) is 25.3 Å². The molecule has 2 atom stereocenters. The molecule has 0 spiro atoms. The molecule has 0 radical (unpaired) electrons. The highest BCUT2D eigenvalue weighted by Crippen LogP contribution is 2.36. The molecule has 2 aromatic carbocycles. The molecule has 2 unspecified atom stereocenters. The molecule has 1 saturated heterocycles. The third-order valence-electron chi connectivity index (χ3n) is 5.26. The van der Waals surface area contributed by atoms with Crippen LogP contribution in [0.3, 0.4) is 0 Å². The summed E-state index contributed by atoms with van der Waals surface area (Å²) in [6, 6.07) is 13.1. The number of anilines is 2. The van der Waals surface area contributed by atoms with Gasteiger partial charge in [0.05, 0.1) is 12.2 Å². The number of aryl methyl sites for hydroxylation is 1. The number of amides is 2. The summed E-state index contributed by atoms with van der Waals surface area (Å²) in [5.41, 5.74) is 2.38. The highest BCUT2D eigenvalue weighted by Gasteiger charge is 2.32. The topological polar surface area (TPSA) is 77.1 Å². The van der Waals surface area contributed by atoms with Gasteiger partial charge >= 0.3 is 0 Å². The van der Waals surface area contributed by atoms with E-state index < -0.39 is 12.2 Å². The van der Waals surface area contributed by atoms with E-state index in [-0.39, 0.29) is 11.8 Å². The molecule has 7 heteroatoms. The molecule has 2 aliphatic heterocycles. The van der Waals surface area contributed by atoms with Crippen LogP contribution in [0.4, 0.5) is 11.4 Å². The molecule has 2 amide bonds. The predicted molar refractivity (Wildman–Crippen MR) is 113 cm³/mol. The summed E-state index contributed by atoms with van der Waals surface area (Å²) in [6.45, 7) is 5.07. The van der Waals surface area contributed by atoms with Crippen LogP contribution in [0.15, 0.2) is 42.5 Å². The molecule has 0 aliphatic carbocycles. The molecule has 2 aliphatic rings. The zero-order valence-corrected chi connectivity index (χ0v) is 17.2. The molecule has 4 rings (SSSR count). The summed E-state index contributed by atoms with van der Waals surface area (Å²) in [6.07, 6.45) is 0.609. The molecule has 2 aromatic rings. The van der Waals surface area contributed by atoms with Gasteiger partial charge in [-0.05, 0) is 57.0 Å². The number of fused-ring (bicyclic) bond motifs is 1. The van der Waals surface area contributed by atoms with Crippen LogP contribution < -0.4 is 19.7 Å². The van der Waals surface area contributed by atoms with E-state index in [2.05, 4.69) is 5.32 Å². The number of hydrogen-bond donors (Lipinski definition) is 1. The van der Waals surface area contributed by atoms with Crippen molar-refractivity contribution in [3.8, 4) is 11.5 Å². The van der Waals surface area contributed by atoms with Gasteiger partial charge in [-0.1, -0.05) is 17.7 Å². The molecule has 7 nitrogen and oxygen atoms in total. The minimum atomic E-state index is -0.579. The Hall–Kier alpha value is -3.06. The molecule has 0 bridgehead atoms. The van der Waals surface area contributed by atoms with Crippen molar-refractivity contribution in [1.29, 1.82) is 0 Å². The SMILES string of the molecule is Cc1ccc(OCCN2C(=O)C(C)Oc3ccc(NC(=O)C4CCCO4)cc32)cc1. The molecular formula is C23H26N2O5. The second-order valence-electron chi connectivity index (χ2n) is 7.58. The third kappa shape index (κ3) is 4.41. The number of carbonyl (C=O) groups excluding carboxylic acids is 2. The quantitative estimate of drug-likeness (QED) is 0.791. The highest BCUT2D eigenvalue weighted by molar-refractivity contribution is 6.01. The fraction of sp³-hybridized carbons (Fsp3) is 0.391. The van der Waals surface area contributed by atoms with Crippen molar-refractivity contribution in [2.75, 3.05) is 30.0 Å². The van der Waals surface area contributed by atoms with Crippen molar-refractivity contribution in [1.82, 2.24) is 0 Å². The number of benzene rings is 2. The fourth-order valence-electron chi connectivity index (χ4n) is 3.61. The minimum Gasteiger partial charge on any atom is -0.492 e. The van der Waals surface area contributed by atoms with Gasteiger partial charge in [0.15, 0.2) is 6.10 Å². The number of carbonyl (C=O) groups is 2. The molecule has 30 heavy (non-hydrogen) atoms. The summed E-state index contributed by atoms with van der Waals surface area (Å²) in [5.74, 6) is 1.05. The Labute approximate surface area is 175 Å². The van der Waals surface area contributed by atoms with Crippen LogP contribution in [-0.4, -0.2) is 43.8 Å². The lowest BCUT2D eigenvalue weighted by Gasteiger charge is -2.33. The minimum absolute atomic E-state index is 0.141. The van der Waals surface area contributed by atoms with Crippen LogP contribution in [-0.2, 0) is 14.3 Å². The van der Waals surface area contributed by atoms with Crippen molar-refractivity contribution >= 4 is 23.2 Å². The fourth-order valence-corrected chi connectivity index (χ4v) is 3.61. The molecule has 158 valence electrons. The summed E-state index contributed by atoms with van der Waals surface area (Å²) in [4.78, 5) is 26.8. The summed E-state index contributed by atoms with van der Waals surface area (Å²) in [5, 5.41) is 2.88. The van der Waals surface area contributed by atoms with Gasteiger partial charge in [-0.3, -0.25) is 9.59 Å². The third-order valence-corrected chi connectivity index (χ3v) is 5.26. The van der Waals surface area contributed by atoms with Gasteiger partial charge in [0.2, 0.25) is 0 Å². The maximum atomic E-state index is 12.8. The van der Waals surface area contributed by atoms with E-state index in [1.165, 1.54) is 0 Å². The van der Waals surface area contributed by atoms with Gasteiger partial charge in [0, 0.05) is 12.3 Å². The van der Waals surface area contributed by atoms with Crippen molar-refractivity contribution in [3.63, 3.8) is 0 Å². The number of ether oxygens (including phenoxy) is 3. The monoisotopic (exact) mass is 410 g/mol. The Morgan fingerprint density at radius 1 is 1.23 bits per heavy atom. The Bertz CT molecular complexity index is 922. The second kappa shape index (κ2) is 8.75. The van der Waals surface area contributed by atoms with Crippen molar-refractivity contribution in [2.24, 2.45) is 0 Å². The van der Waals surface area contributed by atoms with Crippen LogP contribution in [0.5, 0.6) is 11.5 Å². The van der Waals surface area contributed by atoms with Crippen LogP contribution in [0.2, 0.25) is 0 Å². The Kier molecular flexibility index (Phi) is 5.90. The zero-order chi connectivity index (χ0) is 21.1. The number of nitrogens with zero attached hydrogens (tertiary/aromatic N) is 1. The van der Waals surface area contributed by atoms with E-state index in [1.807, 2.05) is 31.2 Å². The van der Waals surface area contributed by atoms with E-state index in [0.29, 0.717) is 36.9 Å². The average molecular weight is 410 g/mol. The lowest BCUT2D eigenvalue weighted by Crippen LogP contribution is -2.46. The Morgan fingerprint density at radius 2 is 2.03 bits per heavy atom. The van der Waals surface area contributed by atoms with Crippen LogP contribution in [0.25, 0.3) is 0 Å². The molecule has 0 saturated carbocycles. The predicted octanol–water partition coefficient (Wildman–Crippen LogP) is 3.31. The normalized spacial score (nSPS) is 20.5. The van der Waals surface area contributed by atoms with Crippen molar-refractivity contribution in [2.45, 2.75) is 38.9 Å². The van der Waals surface area contributed by atoms with Crippen molar-refractivity contribution < 1.29 is 23.8 Å². The van der Waals surface area contributed by atoms with E-state index in [1.54, 1.807) is 30.0 Å². The first-order valence-electron chi connectivity index (χ1n) is 10.3. The molecule has 2 heterocycles. The van der Waals surface area contributed by atoms with Crippen LogP contribution in [0, 0.1) is 6.92 Å². The summed E-state index contributed by atoms with van der Waals surface area (Å²) in [7, 11) is 0. The first-order valence-corrected chi connectivity index (χ1v) is 10.3. The lowest BCUT2D eigenvalue weighted by atomic mass is 10.1. The van der Waals surface area contributed by atoms with E-state index in [9.17, 15) is 9.59 Å². The van der Waals surface area contributed by atoms with Gasteiger partial charge < -0.3 is 24.4 Å². The van der Waals surface area contributed by atoms with Crippen molar-refractivity contribution in [3.05, 3.63) is 48.0 Å². The van der Waals surface area contributed by atoms with Gasteiger partial charge in [-0.25, -0.2) is 0 Å². The van der Waals surface area contributed by atoms with Gasteiger partial charge in [0.25, 0.3) is 11.8 Å². The van der Waals surface area contributed by atoms with Gasteiger partial charge in [-0.15, -0.1) is 0 Å². The Morgan fingerprint density at radius 3 is 2.77 bits per heavy atom.